The molecule has 0 bridgehead atoms. The van der Waals surface area contributed by atoms with E-state index in [-0.39, 0.29) is 6.10 Å². The summed E-state index contributed by atoms with van der Waals surface area (Å²) in [4.78, 5) is 0. The average Bonchev–Trinajstić information content (AvgIpc) is 2.74. The zero-order valence-corrected chi connectivity index (χ0v) is 7.56. The summed E-state index contributed by atoms with van der Waals surface area (Å²) >= 11 is 0. The van der Waals surface area contributed by atoms with Crippen molar-refractivity contribution in [1.29, 1.82) is 0 Å². The van der Waals surface area contributed by atoms with Crippen molar-refractivity contribution < 1.29 is 9.47 Å². The summed E-state index contributed by atoms with van der Waals surface area (Å²) in [5, 5.41) is 0. The van der Waals surface area contributed by atoms with Crippen LogP contribution in [0.4, 0.5) is 0 Å². The highest BCUT2D eigenvalue weighted by Gasteiger charge is 2.09. The smallest absolute Gasteiger partial charge is 0.147 e. The van der Waals surface area contributed by atoms with Crippen LogP contribution in [0.5, 0.6) is 0 Å². The van der Waals surface area contributed by atoms with Crippen LogP contribution in [-0.4, -0.2) is 19.5 Å². The van der Waals surface area contributed by atoms with E-state index in [1.165, 1.54) is 0 Å². The number of benzene rings is 1. The van der Waals surface area contributed by atoms with E-state index in [1.54, 1.807) is 6.08 Å². The first-order valence-corrected chi connectivity index (χ1v) is 4.25. The molecule has 2 rings (SSSR count). The first-order valence-electron chi connectivity index (χ1n) is 4.25. The molecule has 2 nitrogen and oxygen atoms in total. The molecule has 70 valence electrons. The summed E-state index contributed by atoms with van der Waals surface area (Å²) in [6.45, 7) is 4.64. The van der Waals surface area contributed by atoms with Crippen molar-refractivity contribution >= 4 is 0 Å². The Kier molecular flexibility index (Phi) is 4.91. The molecule has 0 aliphatic carbocycles. The van der Waals surface area contributed by atoms with Crippen molar-refractivity contribution in [3.05, 3.63) is 49.1 Å². The van der Waals surface area contributed by atoms with Gasteiger partial charge in [0.25, 0.3) is 0 Å². The van der Waals surface area contributed by atoms with Crippen LogP contribution >= 0.6 is 0 Å². The van der Waals surface area contributed by atoms with Gasteiger partial charge in [-0.05, 0) is 0 Å². The second kappa shape index (κ2) is 6.40. The molecule has 2 heteroatoms. The molecule has 0 radical (unpaired) electrons. The number of hydrogen-bond acceptors (Lipinski definition) is 2. The molecule has 0 saturated carbocycles. The molecule has 1 fully saturated rings. The third-order valence-electron chi connectivity index (χ3n) is 1.58. The summed E-state index contributed by atoms with van der Waals surface area (Å²) < 4.78 is 9.82. The van der Waals surface area contributed by atoms with Crippen LogP contribution < -0.4 is 0 Å². The van der Waals surface area contributed by atoms with Crippen LogP contribution in [0.1, 0.15) is 0 Å². The van der Waals surface area contributed by atoms with E-state index in [0.717, 1.165) is 0 Å². The predicted octanol–water partition coefficient (Wildman–Crippen LogP) is 2.23. The van der Waals surface area contributed by atoms with Gasteiger partial charge in [0.15, 0.2) is 0 Å². The molecule has 0 aromatic heterocycles. The van der Waals surface area contributed by atoms with Crippen LogP contribution in [0.25, 0.3) is 0 Å². The molecule has 1 aromatic rings. The molecule has 1 aliphatic rings. The summed E-state index contributed by atoms with van der Waals surface area (Å²) in [7, 11) is 0. The minimum absolute atomic E-state index is 0.139. The van der Waals surface area contributed by atoms with Gasteiger partial charge in [0.1, 0.15) is 12.9 Å². The molecule has 1 unspecified atom stereocenters. The fraction of sp³-hybridized carbons (Fsp3) is 0.273. The van der Waals surface area contributed by atoms with Crippen molar-refractivity contribution in [1.82, 2.24) is 0 Å². The second-order valence-corrected chi connectivity index (χ2v) is 2.58. The third-order valence-corrected chi connectivity index (χ3v) is 1.58. The minimum atomic E-state index is 0.139. The first kappa shape index (κ1) is 9.96. The molecular weight excluding hydrogens is 164 g/mol. The van der Waals surface area contributed by atoms with E-state index in [9.17, 15) is 0 Å². The molecule has 1 atom stereocenters. The summed E-state index contributed by atoms with van der Waals surface area (Å²) in [5.74, 6) is 0. The standard InChI is InChI=1S/C6H6.C5H8O2/c1-2-4-6-5-3-1;1-2-5-3-6-4-7-5/h1-6H;2,5H,1,3-4H2. The van der Waals surface area contributed by atoms with Crippen molar-refractivity contribution in [2.24, 2.45) is 0 Å². The number of hydrogen-bond donors (Lipinski definition) is 0. The summed E-state index contributed by atoms with van der Waals surface area (Å²) in [5.41, 5.74) is 0. The quantitative estimate of drug-likeness (QED) is 0.614. The fourth-order valence-electron chi connectivity index (χ4n) is 0.869. The Labute approximate surface area is 78.8 Å². The Morgan fingerprint density at radius 1 is 1.08 bits per heavy atom. The highest BCUT2D eigenvalue weighted by Crippen LogP contribution is 2.01. The molecule has 13 heavy (non-hydrogen) atoms. The van der Waals surface area contributed by atoms with Gasteiger partial charge < -0.3 is 9.47 Å². The Morgan fingerprint density at radius 3 is 1.85 bits per heavy atom. The molecule has 1 aliphatic heterocycles. The van der Waals surface area contributed by atoms with Crippen LogP contribution in [0.2, 0.25) is 0 Å². The van der Waals surface area contributed by atoms with Gasteiger partial charge in [0.2, 0.25) is 0 Å². The van der Waals surface area contributed by atoms with Crippen molar-refractivity contribution in [3.8, 4) is 0 Å². The Hall–Kier alpha value is -1.12. The lowest BCUT2D eigenvalue weighted by molar-refractivity contribution is 0.0573. The van der Waals surface area contributed by atoms with Crippen molar-refractivity contribution in [3.63, 3.8) is 0 Å². The predicted molar refractivity (Wildman–Crippen MR) is 52.3 cm³/mol. The summed E-state index contributed by atoms with van der Waals surface area (Å²) in [6.07, 6.45) is 1.88. The molecular formula is C11H14O2. The van der Waals surface area contributed by atoms with Gasteiger partial charge >= 0.3 is 0 Å². The lowest BCUT2D eigenvalue weighted by Crippen LogP contribution is -2.02. The highest BCUT2D eigenvalue weighted by molar-refractivity contribution is 4.99. The Bertz CT molecular complexity index is 188. The van der Waals surface area contributed by atoms with Crippen molar-refractivity contribution in [2.75, 3.05) is 13.4 Å². The molecule has 0 amide bonds. The summed E-state index contributed by atoms with van der Waals surface area (Å²) in [6, 6.07) is 12.0. The first-order chi connectivity index (χ1) is 6.43. The Morgan fingerprint density at radius 2 is 1.62 bits per heavy atom. The van der Waals surface area contributed by atoms with Crippen LogP contribution in [-0.2, 0) is 9.47 Å². The van der Waals surface area contributed by atoms with Gasteiger partial charge in [-0.3, -0.25) is 0 Å². The van der Waals surface area contributed by atoms with Gasteiger partial charge in [0.05, 0.1) is 6.61 Å². The molecule has 1 aromatic carbocycles. The molecule has 1 heterocycles. The van der Waals surface area contributed by atoms with Gasteiger partial charge in [-0.1, -0.05) is 42.5 Å². The number of rotatable bonds is 1. The topological polar surface area (TPSA) is 18.5 Å². The van der Waals surface area contributed by atoms with Crippen molar-refractivity contribution in [2.45, 2.75) is 6.10 Å². The molecule has 1 saturated heterocycles. The van der Waals surface area contributed by atoms with E-state index >= 15 is 0 Å². The van der Waals surface area contributed by atoms with Crippen LogP contribution in [0.3, 0.4) is 0 Å². The third kappa shape index (κ3) is 4.45. The van der Waals surface area contributed by atoms with Gasteiger partial charge in [-0.25, -0.2) is 0 Å². The van der Waals surface area contributed by atoms with Gasteiger partial charge in [-0.15, -0.1) is 6.58 Å². The monoisotopic (exact) mass is 178 g/mol. The van der Waals surface area contributed by atoms with E-state index < -0.39 is 0 Å². The normalized spacial score (nSPS) is 20.2. The lowest BCUT2D eigenvalue weighted by Gasteiger charge is -1.93. The largest absolute Gasteiger partial charge is 0.352 e. The molecule has 0 N–H and O–H groups in total. The lowest BCUT2D eigenvalue weighted by atomic mass is 10.4. The molecule has 0 spiro atoms. The van der Waals surface area contributed by atoms with E-state index in [4.69, 9.17) is 9.47 Å². The zero-order valence-electron chi connectivity index (χ0n) is 7.56. The second-order valence-electron chi connectivity index (χ2n) is 2.58. The SMILES string of the molecule is C=CC1COCO1.c1ccccc1. The van der Waals surface area contributed by atoms with Crippen LogP contribution in [0, 0.1) is 0 Å². The highest BCUT2D eigenvalue weighted by atomic mass is 16.7. The van der Waals surface area contributed by atoms with Gasteiger partial charge in [0, 0.05) is 0 Å². The zero-order chi connectivity index (χ0) is 9.36. The Balaban J connectivity index is 0.000000132. The van der Waals surface area contributed by atoms with E-state index in [0.29, 0.717) is 13.4 Å². The fourth-order valence-corrected chi connectivity index (χ4v) is 0.869. The van der Waals surface area contributed by atoms with E-state index in [1.807, 2.05) is 36.4 Å². The van der Waals surface area contributed by atoms with E-state index in [2.05, 4.69) is 6.58 Å². The van der Waals surface area contributed by atoms with Crippen LogP contribution in [0.15, 0.2) is 49.1 Å². The average molecular weight is 178 g/mol. The van der Waals surface area contributed by atoms with Gasteiger partial charge in [-0.2, -0.15) is 0 Å². The number of ether oxygens (including phenoxy) is 2. The minimum Gasteiger partial charge on any atom is -0.352 e. The maximum atomic E-state index is 4.96. The maximum absolute atomic E-state index is 4.96. The maximum Gasteiger partial charge on any atom is 0.147 e.